The summed E-state index contributed by atoms with van der Waals surface area (Å²) in [6.45, 7) is 4.45. The van der Waals surface area contributed by atoms with Crippen molar-refractivity contribution in [3.05, 3.63) is 34.4 Å². The fourth-order valence-corrected chi connectivity index (χ4v) is 7.15. The van der Waals surface area contributed by atoms with Gasteiger partial charge in [-0.25, -0.2) is 8.78 Å². The minimum absolute atomic E-state index is 0.232. The molecule has 1 aromatic rings. The van der Waals surface area contributed by atoms with Gasteiger partial charge in [-0.05, 0) is 97.6 Å². The molecule has 2 saturated carbocycles. The number of hydrogen-bond donors (Lipinski definition) is 0. The van der Waals surface area contributed by atoms with Gasteiger partial charge in [0.05, 0.1) is 0 Å². The van der Waals surface area contributed by atoms with Crippen LogP contribution in [0.4, 0.5) is 8.78 Å². The number of fused-ring (bicyclic) bond motifs is 2. The number of halogens is 2. The zero-order chi connectivity index (χ0) is 21.8. The van der Waals surface area contributed by atoms with Crippen molar-refractivity contribution in [2.24, 2.45) is 23.7 Å². The van der Waals surface area contributed by atoms with Crippen LogP contribution in [0.15, 0.2) is 6.07 Å². The molecule has 5 atom stereocenters. The van der Waals surface area contributed by atoms with Crippen molar-refractivity contribution in [3.8, 4) is 0 Å². The standard InChI is InChI=1S/C29H44F2/c1-3-5-6-7-8-9-21-11-12-23-18-24(15-14-22(23)16-21)27-19-25-13-10-20(4-2)17-26(25)28(30)29(27)31/h19-24H,3-18H2,1-2H3. The quantitative estimate of drug-likeness (QED) is 0.361. The Kier molecular flexibility index (Phi) is 8.10. The van der Waals surface area contributed by atoms with Crippen molar-refractivity contribution in [2.45, 2.75) is 122 Å². The second-order valence-electron chi connectivity index (χ2n) is 11.2. The van der Waals surface area contributed by atoms with Crippen molar-refractivity contribution in [3.63, 3.8) is 0 Å². The van der Waals surface area contributed by atoms with Crippen molar-refractivity contribution >= 4 is 0 Å². The molecule has 0 N–H and O–H groups in total. The Labute approximate surface area is 189 Å². The summed E-state index contributed by atoms with van der Waals surface area (Å²) in [6, 6.07) is 2.08. The molecule has 5 unspecified atom stereocenters. The molecule has 2 heteroatoms. The number of benzene rings is 1. The Balaban J connectivity index is 1.35. The molecule has 0 heterocycles. The molecular weight excluding hydrogens is 386 g/mol. The molecule has 0 bridgehead atoms. The lowest BCUT2D eigenvalue weighted by Gasteiger charge is -2.42. The van der Waals surface area contributed by atoms with Crippen LogP contribution in [0.1, 0.15) is 126 Å². The summed E-state index contributed by atoms with van der Waals surface area (Å²) in [6.07, 6.45) is 19.6. The van der Waals surface area contributed by atoms with Crippen LogP contribution in [0.3, 0.4) is 0 Å². The van der Waals surface area contributed by atoms with Gasteiger partial charge in [-0.2, -0.15) is 0 Å². The van der Waals surface area contributed by atoms with Crippen LogP contribution in [0.2, 0.25) is 0 Å². The molecular formula is C29H44F2. The van der Waals surface area contributed by atoms with Gasteiger partial charge in [0.1, 0.15) is 0 Å². The van der Waals surface area contributed by atoms with Gasteiger partial charge in [-0.15, -0.1) is 0 Å². The van der Waals surface area contributed by atoms with E-state index in [4.69, 9.17) is 0 Å². The normalized spacial score (nSPS) is 30.6. The molecule has 0 amide bonds. The molecule has 4 rings (SSSR count). The predicted molar refractivity (Wildman–Crippen MR) is 126 cm³/mol. The number of hydrogen-bond acceptors (Lipinski definition) is 0. The third-order valence-electron chi connectivity index (χ3n) is 9.20. The van der Waals surface area contributed by atoms with Gasteiger partial charge in [-0.1, -0.05) is 71.3 Å². The largest absolute Gasteiger partial charge is 0.203 e. The number of unbranched alkanes of at least 4 members (excludes halogenated alkanes) is 4. The van der Waals surface area contributed by atoms with Crippen LogP contribution in [-0.2, 0) is 12.8 Å². The van der Waals surface area contributed by atoms with E-state index in [0.29, 0.717) is 17.0 Å². The summed E-state index contributed by atoms with van der Waals surface area (Å²) in [5, 5.41) is 0. The molecule has 174 valence electrons. The van der Waals surface area contributed by atoms with E-state index in [1.54, 1.807) is 0 Å². The molecule has 2 fully saturated rings. The fourth-order valence-electron chi connectivity index (χ4n) is 7.15. The van der Waals surface area contributed by atoms with E-state index in [0.717, 1.165) is 61.8 Å². The van der Waals surface area contributed by atoms with E-state index < -0.39 is 11.6 Å². The Bertz CT molecular complexity index is 724. The SMILES string of the molecule is CCCCCCCC1CCC2CC(c3cc4c(c(F)c3F)CC(CC)CC4)CCC2C1. The number of rotatable bonds is 8. The first kappa shape index (κ1) is 23.2. The highest BCUT2D eigenvalue weighted by Gasteiger charge is 2.37. The average molecular weight is 431 g/mol. The van der Waals surface area contributed by atoms with Gasteiger partial charge in [0, 0.05) is 0 Å². The van der Waals surface area contributed by atoms with Crippen LogP contribution in [0, 0.1) is 35.3 Å². The Morgan fingerprint density at radius 1 is 0.806 bits per heavy atom. The zero-order valence-electron chi connectivity index (χ0n) is 20.0. The molecule has 3 aliphatic rings. The molecule has 3 aliphatic carbocycles. The average Bonchev–Trinajstić information content (AvgIpc) is 2.80. The lowest BCUT2D eigenvalue weighted by molar-refractivity contribution is 0.112. The summed E-state index contributed by atoms with van der Waals surface area (Å²) in [5.41, 5.74) is 2.50. The van der Waals surface area contributed by atoms with E-state index in [1.165, 1.54) is 64.2 Å². The maximum Gasteiger partial charge on any atom is 0.162 e. The molecule has 0 radical (unpaired) electrons. The monoisotopic (exact) mass is 430 g/mol. The van der Waals surface area contributed by atoms with Crippen LogP contribution in [0.5, 0.6) is 0 Å². The highest BCUT2D eigenvalue weighted by Crippen LogP contribution is 2.49. The second kappa shape index (κ2) is 10.8. The molecule has 0 spiro atoms. The molecule has 0 saturated heterocycles. The van der Waals surface area contributed by atoms with Crippen molar-refractivity contribution in [1.82, 2.24) is 0 Å². The maximum absolute atomic E-state index is 15.1. The van der Waals surface area contributed by atoms with Crippen LogP contribution >= 0.6 is 0 Å². The minimum atomic E-state index is -0.514. The van der Waals surface area contributed by atoms with Crippen molar-refractivity contribution in [2.75, 3.05) is 0 Å². The molecule has 1 aromatic carbocycles. The Hall–Kier alpha value is -0.920. The Morgan fingerprint density at radius 2 is 1.58 bits per heavy atom. The van der Waals surface area contributed by atoms with Crippen molar-refractivity contribution < 1.29 is 8.78 Å². The predicted octanol–water partition coefficient (Wildman–Crippen LogP) is 9.14. The fraction of sp³-hybridized carbons (Fsp3) is 0.793. The molecule has 31 heavy (non-hydrogen) atoms. The first-order chi connectivity index (χ1) is 15.1. The van der Waals surface area contributed by atoms with Gasteiger partial charge in [0.15, 0.2) is 11.6 Å². The lowest BCUT2D eigenvalue weighted by Crippen LogP contribution is -2.31. The highest BCUT2D eigenvalue weighted by atomic mass is 19.2. The summed E-state index contributed by atoms with van der Waals surface area (Å²) >= 11 is 0. The van der Waals surface area contributed by atoms with Gasteiger partial charge in [0.2, 0.25) is 0 Å². The second-order valence-corrected chi connectivity index (χ2v) is 11.2. The zero-order valence-corrected chi connectivity index (χ0v) is 20.0. The van der Waals surface area contributed by atoms with Gasteiger partial charge in [0.25, 0.3) is 0 Å². The first-order valence-corrected chi connectivity index (χ1v) is 13.6. The maximum atomic E-state index is 15.1. The lowest BCUT2D eigenvalue weighted by atomic mass is 9.63. The summed E-state index contributed by atoms with van der Waals surface area (Å²) in [4.78, 5) is 0. The van der Waals surface area contributed by atoms with Gasteiger partial charge >= 0.3 is 0 Å². The van der Waals surface area contributed by atoms with E-state index in [9.17, 15) is 0 Å². The summed E-state index contributed by atoms with van der Waals surface area (Å²) in [5.74, 6) is 2.21. The van der Waals surface area contributed by atoms with E-state index >= 15 is 8.78 Å². The third kappa shape index (κ3) is 5.36. The van der Waals surface area contributed by atoms with E-state index in [2.05, 4.69) is 19.9 Å². The summed E-state index contributed by atoms with van der Waals surface area (Å²) < 4.78 is 30.2. The number of aryl methyl sites for hydroxylation is 1. The smallest absolute Gasteiger partial charge is 0.162 e. The Morgan fingerprint density at radius 3 is 2.39 bits per heavy atom. The van der Waals surface area contributed by atoms with Crippen LogP contribution in [-0.4, -0.2) is 0 Å². The van der Waals surface area contributed by atoms with E-state index in [-0.39, 0.29) is 5.92 Å². The van der Waals surface area contributed by atoms with Crippen LogP contribution in [0.25, 0.3) is 0 Å². The highest BCUT2D eigenvalue weighted by molar-refractivity contribution is 5.38. The van der Waals surface area contributed by atoms with Gasteiger partial charge in [-0.3, -0.25) is 0 Å². The molecule has 0 aromatic heterocycles. The van der Waals surface area contributed by atoms with Crippen molar-refractivity contribution in [1.29, 1.82) is 0 Å². The topological polar surface area (TPSA) is 0 Å². The van der Waals surface area contributed by atoms with Crippen LogP contribution < -0.4 is 0 Å². The van der Waals surface area contributed by atoms with E-state index in [1.807, 2.05) is 0 Å². The molecule has 0 nitrogen and oxygen atoms in total. The minimum Gasteiger partial charge on any atom is -0.203 e. The third-order valence-corrected chi connectivity index (χ3v) is 9.20. The first-order valence-electron chi connectivity index (χ1n) is 13.6. The van der Waals surface area contributed by atoms with Gasteiger partial charge < -0.3 is 0 Å². The summed E-state index contributed by atoms with van der Waals surface area (Å²) in [7, 11) is 0. The molecule has 0 aliphatic heterocycles.